The summed E-state index contributed by atoms with van der Waals surface area (Å²) in [6.45, 7) is 4.95. The second kappa shape index (κ2) is 72.9. The molecule has 0 radical (unpaired) electrons. The summed E-state index contributed by atoms with van der Waals surface area (Å²) in [5, 5.41) is 10.6. The summed E-state index contributed by atoms with van der Waals surface area (Å²) in [7, 11) is -9.93. The molecule has 0 spiro atoms. The van der Waals surface area contributed by atoms with Crippen LogP contribution in [-0.4, -0.2) is 96.7 Å². The molecule has 0 saturated heterocycles. The molecular formula is C79H150O17P2. The normalized spacial score (nSPS) is 14.0. The number of aliphatic hydroxyl groups excluding tert-OH is 1. The van der Waals surface area contributed by atoms with Gasteiger partial charge in [0, 0.05) is 25.7 Å². The van der Waals surface area contributed by atoms with Crippen LogP contribution in [0.4, 0.5) is 0 Å². The Hall–Kier alpha value is -2.46. The summed E-state index contributed by atoms with van der Waals surface area (Å²) < 4.78 is 68.6. The van der Waals surface area contributed by atoms with Gasteiger partial charge >= 0.3 is 39.5 Å². The predicted octanol–water partition coefficient (Wildman–Crippen LogP) is 23.3. The number of allylic oxidation sites excluding steroid dienone is 4. The molecular weight excluding hydrogens is 1280 g/mol. The fraction of sp³-hybridized carbons (Fsp3) is 0.899. The van der Waals surface area contributed by atoms with Gasteiger partial charge in [-0.1, -0.05) is 341 Å². The minimum atomic E-state index is -4.97. The number of esters is 4. The molecule has 0 amide bonds. The summed E-state index contributed by atoms with van der Waals surface area (Å²) in [4.78, 5) is 72.9. The third-order valence-corrected chi connectivity index (χ3v) is 19.9. The highest BCUT2D eigenvalue weighted by molar-refractivity contribution is 7.47. The largest absolute Gasteiger partial charge is 0.472 e. The van der Waals surface area contributed by atoms with Crippen molar-refractivity contribution >= 4 is 39.5 Å². The third kappa shape index (κ3) is 71.9. The smallest absolute Gasteiger partial charge is 0.462 e. The van der Waals surface area contributed by atoms with Crippen molar-refractivity contribution in [1.82, 2.24) is 0 Å². The zero-order chi connectivity index (χ0) is 71.8. The van der Waals surface area contributed by atoms with Gasteiger partial charge in [-0.15, -0.1) is 0 Å². The lowest BCUT2D eigenvalue weighted by molar-refractivity contribution is -0.161. The second-order valence-electron chi connectivity index (χ2n) is 27.7. The molecule has 0 heterocycles. The highest BCUT2D eigenvalue weighted by atomic mass is 31.2. The van der Waals surface area contributed by atoms with E-state index in [1.54, 1.807) is 0 Å². The first kappa shape index (κ1) is 95.5. The van der Waals surface area contributed by atoms with Crippen molar-refractivity contribution in [3.05, 3.63) is 24.3 Å². The molecule has 2 unspecified atom stereocenters. The zero-order valence-corrected chi connectivity index (χ0v) is 65.0. The van der Waals surface area contributed by atoms with Gasteiger partial charge in [0.05, 0.1) is 26.4 Å². The number of rotatable bonds is 78. The molecule has 0 aliphatic rings. The molecule has 0 aliphatic heterocycles. The Kier molecular flexibility index (Phi) is 71.0. The van der Waals surface area contributed by atoms with Crippen LogP contribution in [0.1, 0.15) is 400 Å². The number of unbranched alkanes of at least 4 members (excludes halogenated alkanes) is 48. The summed E-state index contributed by atoms with van der Waals surface area (Å²) >= 11 is 0. The van der Waals surface area contributed by atoms with Crippen molar-refractivity contribution in [2.75, 3.05) is 39.6 Å². The van der Waals surface area contributed by atoms with Crippen LogP contribution in [0.3, 0.4) is 0 Å². The van der Waals surface area contributed by atoms with Gasteiger partial charge in [-0.25, -0.2) is 9.13 Å². The summed E-state index contributed by atoms with van der Waals surface area (Å²) in [5.74, 6) is -2.13. The van der Waals surface area contributed by atoms with Crippen molar-refractivity contribution < 1.29 is 80.2 Å². The van der Waals surface area contributed by atoms with E-state index in [4.69, 9.17) is 37.0 Å². The fourth-order valence-corrected chi connectivity index (χ4v) is 13.3. The first-order valence-electron chi connectivity index (χ1n) is 40.6. The topological polar surface area (TPSA) is 237 Å². The van der Waals surface area contributed by atoms with Crippen LogP contribution < -0.4 is 0 Å². The lowest BCUT2D eigenvalue weighted by atomic mass is 10.0. The Morgan fingerprint density at radius 1 is 0.286 bits per heavy atom. The molecule has 19 heteroatoms. The molecule has 0 aromatic carbocycles. The maximum atomic E-state index is 13.1. The molecule has 0 aliphatic carbocycles. The van der Waals surface area contributed by atoms with Crippen LogP contribution in [0.15, 0.2) is 24.3 Å². The van der Waals surface area contributed by atoms with Crippen molar-refractivity contribution in [2.24, 2.45) is 0 Å². The lowest BCUT2D eigenvalue weighted by Gasteiger charge is -2.21. The van der Waals surface area contributed by atoms with E-state index in [0.717, 1.165) is 109 Å². The average Bonchev–Trinajstić information content (AvgIpc) is 1.02. The van der Waals surface area contributed by atoms with E-state index < -0.39 is 97.5 Å². The number of ether oxygens (including phenoxy) is 4. The Labute approximate surface area is 599 Å². The quantitative estimate of drug-likeness (QED) is 0.0169. The minimum absolute atomic E-state index is 0.0878. The van der Waals surface area contributed by atoms with Gasteiger partial charge in [-0.05, 0) is 57.8 Å². The molecule has 0 fully saturated rings. The Bertz CT molecular complexity index is 1950. The number of carbonyl (C=O) groups excluding carboxylic acids is 4. The van der Waals surface area contributed by atoms with E-state index in [0.29, 0.717) is 25.7 Å². The van der Waals surface area contributed by atoms with Gasteiger partial charge in [-0.2, -0.15) is 0 Å². The van der Waals surface area contributed by atoms with Gasteiger partial charge in [-0.3, -0.25) is 37.3 Å². The van der Waals surface area contributed by atoms with Crippen molar-refractivity contribution in [3.63, 3.8) is 0 Å². The molecule has 98 heavy (non-hydrogen) atoms. The van der Waals surface area contributed by atoms with E-state index in [1.807, 2.05) is 0 Å². The molecule has 0 bridgehead atoms. The van der Waals surface area contributed by atoms with E-state index in [2.05, 4.69) is 52.0 Å². The van der Waals surface area contributed by atoms with Crippen LogP contribution in [0, 0.1) is 0 Å². The van der Waals surface area contributed by atoms with E-state index >= 15 is 0 Å². The molecule has 0 aromatic heterocycles. The van der Waals surface area contributed by atoms with Crippen molar-refractivity contribution in [3.8, 4) is 0 Å². The molecule has 0 aromatic rings. The zero-order valence-electron chi connectivity index (χ0n) is 63.2. The van der Waals surface area contributed by atoms with Gasteiger partial charge in [0.1, 0.15) is 19.3 Å². The summed E-state index contributed by atoms with van der Waals surface area (Å²) in [6, 6.07) is 0. The van der Waals surface area contributed by atoms with Crippen LogP contribution in [0.2, 0.25) is 0 Å². The molecule has 3 N–H and O–H groups in total. The number of aliphatic hydroxyl groups is 1. The lowest BCUT2D eigenvalue weighted by Crippen LogP contribution is -2.30. The van der Waals surface area contributed by atoms with Crippen LogP contribution in [-0.2, 0) is 65.4 Å². The number of hydrogen-bond acceptors (Lipinski definition) is 15. The molecule has 0 rings (SSSR count). The third-order valence-electron chi connectivity index (χ3n) is 17.9. The first-order chi connectivity index (χ1) is 47.7. The van der Waals surface area contributed by atoms with Crippen molar-refractivity contribution in [2.45, 2.75) is 418 Å². The molecule has 578 valence electrons. The van der Waals surface area contributed by atoms with E-state index in [1.165, 1.54) is 212 Å². The van der Waals surface area contributed by atoms with Crippen LogP contribution >= 0.6 is 15.6 Å². The maximum absolute atomic E-state index is 13.1. The number of carbonyl (C=O) groups is 4. The van der Waals surface area contributed by atoms with Crippen LogP contribution in [0.25, 0.3) is 0 Å². The molecule has 17 nitrogen and oxygen atoms in total. The number of phosphoric acid groups is 2. The SMILES string of the molecule is CCCCC/C=C\C/C=C\CCCCCCCC(=O)O[C@H](COC(=O)CCCCCCCCCCCCCCCCCCC)COP(=O)(O)OC[C@@H](O)COP(=O)(O)OC[C@@H](COC(=O)CCCCCCCCCCCCCCC)OC(=O)CCCCCCCCCCCCCCC. The molecule has 5 atom stereocenters. The first-order valence-corrected chi connectivity index (χ1v) is 43.6. The summed E-state index contributed by atoms with van der Waals surface area (Å²) in [5.41, 5.74) is 0. The van der Waals surface area contributed by atoms with Crippen LogP contribution in [0.5, 0.6) is 0 Å². The van der Waals surface area contributed by atoms with Gasteiger partial charge < -0.3 is 33.8 Å². The van der Waals surface area contributed by atoms with E-state index in [-0.39, 0.29) is 25.7 Å². The summed E-state index contributed by atoms with van der Waals surface area (Å²) in [6.07, 6.45) is 67.2. The maximum Gasteiger partial charge on any atom is 0.472 e. The fourth-order valence-electron chi connectivity index (χ4n) is 11.7. The second-order valence-corrected chi connectivity index (χ2v) is 30.6. The van der Waals surface area contributed by atoms with Gasteiger partial charge in [0.15, 0.2) is 12.2 Å². The molecule has 0 saturated carbocycles. The predicted molar refractivity (Wildman–Crippen MR) is 400 cm³/mol. The highest BCUT2D eigenvalue weighted by Crippen LogP contribution is 2.45. The van der Waals surface area contributed by atoms with E-state index in [9.17, 15) is 43.2 Å². The Balaban J connectivity index is 5.28. The minimum Gasteiger partial charge on any atom is -0.462 e. The van der Waals surface area contributed by atoms with Gasteiger partial charge in [0.25, 0.3) is 0 Å². The standard InChI is InChI=1S/C79H150O17P2/c1-5-9-13-17-21-25-29-33-35-36-38-41-44-48-52-56-60-64-77(82)90-70-75(96-79(84)66-62-58-54-50-46-42-37-34-30-26-22-18-14-10-6-2)72-94-98(87,88)92-68-73(80)67-91-97(85,86)93-71-74(95-78(83)65-61-57-53-49-45-40-32-28-24-20-16-12-8-4)69-89-76(81)63-59-55-51-47-43-39-31-27-23-19-15-11-7-3/h22,26,34,37,73-75,80H,5-21,23-25,27-33,35-36,38-72H2,1-4H3,(H,85,86)(H,87,88)/b26-22-,37-34-/t73-,74+,75+/m0/s1. The Morgan fingerprint density at radius 3 is 0.776 bits per heavy atom. The van der Waals surface area contributed by atoms with Gasteiger partial charge in [0.2, 0.25) is 0 Å². The average molecular weight is 1430 g/mol. The number of hydrogen-bond donors (Lipinski definition) is 3. The number of phosphoric ester groups is 2. The monoisotopic (exact) mass is 1430 g/mol. The van der Waals surface area contributed by atoms with Crippen molar-refractivity contribution in [1.29, 1.82) is 0 Å². The Morgan fingerprint density at radius 2 is 0.500 bits per heavy atom. The highest BCUT2D eigenvalue weighted by Gasteiger charge is 2.30.